The summed E-state index contributed by atoms with van der Waals surface area (Å²) in [5.74, 6) is 0.123. The van der Waals surface area contributed by atoms with E-state index in [1.165, 1.54) is 0 Å². The first-order chi connectivity index (χ1) is 6.06. The summed E-state index contributed by atoms with van der Waals surface area (Å²) in [5, 5.41) is 1.97. The lowest BCUT2D eigenvalue weighted by molar-refractivity contribution is -0.123. The van der Waals surface area contributed by atoms with Crippen molar-refractivity contribution in [2.45, 2.75) is 32.2 Å². The van der Waals surface area contributed by atoms with E-state index in [0.29, 0.717) is 12.8 Å². The number of ketones is 1. The fraction of sp³-hybridized carbons (Fsp3) is 0.500. The lowest BCUT2D eigenvalue weighted by atomic mass is 9.92. The highest BCUT2D eigenvalue weighted by molar-refractivity contribution is 7.10. The molecule has 0 aromatic carbocycles. The summed E-state index contributed by atoms with van der Waals surface area (Å²) in [6.07, 6.45) is 1.16. The minimum atomic E-state index is -0.663. The Bertz CT molecular complexity index is 277. The van der Waals surface area contributed by atoms with Crippen molar-refractivity contribution in [1.82, 2.24) is 0 Å². The number of rotatable bonds is 4. The second kappa shape index (κ2) is 4.03. The molecule has 0 aliphatic heterocycles. The number of carbonyl (C=O) groups excluding carboxylic acids is 1. The van der Waals surface area contributed by atoms with Crippen molar-refractivity contribution in [3.05, 3.63) is 22.4 Å². The van der Waals surface area contributed by atoms with Crippen LogP contribution in [0.1, 0.15) is 25.1 Å². The van der Waals surface area contributed by atoms with Crippen molar-refractivity contribution in [2.75, 3.05) is 0 Å². The zero-order valence-electron chi connectivity index (χ0n) is 8.04. The molecule has 1 heterocycles. The molecule has 0 amide bonds. The summed E-state index contributed by atoms with van der Waals surface area (Å²) in [7, 11) is 0. The minimum Gasteiger partial charge on any atom is -0.319 e. The number of thiophene rings is 1. The van der Waals surface area contributed by atoms with Gasteiger partial charge in [-0.15, -0.1) is 11.3 Å². The first-order valence-electron chi connectivity index (χ1n) is 4.41. The van der Waals surface area contributed by atoms with Crippen LogP contribution in [0.25, 0.3) is 0 Å². The monoisotopic (exact) mass is 197 g/mol. The molecule has 0 saturated carbocycles. The average molecular weight is 197 g/mol. The smallest absolute Gasteiger partial charge is 0.157 e. The second-order valence-electron chi connectivity index (χ2n) is 3.45. The molecule has 1 rings (SSSR count). The van der Waals surface area contributed by atoms with Crippen LogP contribution < -0.4 is 5.73 Å². The number of hydrogen-bond acceptors (Lipinski definition) is 3. The van der Waals surface area contributed by atoms with Crippen LogP contribution in [-0.4, -0.2) is 11.3 Å². The Kier molecular flexibility index (Phi) is 3.22. The third-order valence-corrected chi connectivity index (χ3v) is 3.16. The molecule has 1 unspecified atom stereocenters. The zero-order valence-corrected chi connectivity index (χ0v) is 8.86. The molecule has 1 atom stereocenters. The van der Waals surface area contributed by atoms with Crippen molar-refractivity contribution >= 4 is 17.1 Å². The summed E-state index contributed by atoms with van der Waals surface area (Å²) in [5.41, 5.74) is 5.17. The highest BCUT2D eigenvalue weighted by atomic mass is 32.1. The van der Waals surface area contributed by atoms with Gasteiger partial charge in [-0.3, -0.25) is 4.79 Å². The molecule has 2 nitrogen and oxygen atoms in total. The van der Waals surface area contributed by atoms with Gasteiger partial charge < -0.3 is 5.73 Å². The largest absolute Gasteiger partial charge is 0.319 e. The van der Waals surface area contributed by atoms with Gasteiger partial charge in [0.05, 0.1) is 5.54 Å². The summed E-state index contributed by atoms with van der Waals surface area (Å²) >= 11 is 1.60. The Morgan fingerprint density at radius 3 is 2.85 bits per heavy atom. The quantitative estimate of drug-likeness (QED) is 0.802. The summed E-state index contributed by atoms with van der Waals surface area (Å²) in [6, 6.07) is 3.92. The van der Waals surface area contributed by atoms with Gasteiger partial charge >= 0.3 is 0 Å². The summed E-state index contributed by atoms with van der Waals surface area (Å²) in [4.78, 5) is 12.7. The average Bonchev–Trinajstić information content (AvgIpc) is 2.57. The van der Waals surface area contributed by atoms with Crippen molar-refractivity contribution in [3.63, 3.8) is 0 Å². The minimum absolute atomic E-state index is 0.123. The molecular weight excluding hydrogens is 182 g/mol. The van der Waals surface area contributed by atoms with Crippen LogP contribution in [0.3, 0.4) is 0 Å². The lowest BCUT2D eigenvalue weighted by Crippen LogP contribution is -2.44. The molecule has 3 heteroatoms. The van der Waals surface area contributed by atoms with Crippen molar-refractivity contribution in [1.29, 1.82) is 0 Å². The van der Waals surface area contributed by atoms with E-state index in [2.05, 4.69) is 0 Å². The van der Waals surface area contributed by atoms with Crippen molar-refractivity contribution in [2.24, 2.45) is 5.73 Å². The van der Waals surface area contributed by atoms with Crippen molar-refractivity contribution < 1.29 is 4.79 Å². The highest BCUT2D eigenvalue weighted by Gasteiger charge is 2.25. The molecule has 0 aliphatic carbocycles. The Hall–Kier alpha value is -0.670. The first-order valence-corrected chi connectivity index (χ1v) is 5.29. The molecule has 72 valence electrons. The van der Waals surface area contributed by atoms with Gasteiger partial charge in [0.15, 0.2) is 5.78 Å². The Morgan fingerprint density at radius 2 is 2.38 bits per heavy atom. The molecule has 1 aromatic heterocycles. The van der Waals surface area contributed by atoms with Crippen LogP contribution >= 0.6 is 11.3 Å². The lowest BCUT2D eigenvalue weighted by Gasteiger charge is -2.20. The van der Waals surface area contributed by atoms with Crippen LogP contribution in [-0.2, 0) is 11.2 Å². The Labute approximate surface area is 82.8 Å². The van der Waals surface area contributed by atoms with Gasteiger partial charge in [-0.1, -0.05) is 13.0 Å². The topological polar surface area (TPSA) is 43.1 Å². The van der Waals surface area contributed by atoms with E-state index in [0.717, 1.165) is 4.88 Å². The van der Waals surface area contributed by atoms with E-state index in [4.69, 9.17) is 5.73 Å². The maximum absolute atomic E-state index is 11.6. The molecule has 13 heavy (non-hydrogen) atoms. The van der Waals surface area contributed by atoms with Gasteiger partial charge in [-0.2, -0.15) is 0 Å². The number of carbonyl (C=O) groups is 1. The van der Waals surface area contributed by atoms with Crippen LogP contribution in [0.5, 0.6) is 0 Å². The van der Waals surface area contributed by atoms with Crippen LogP contribution in [0, 0.1) is 0 Å². The van der Waals surface area contributed by atoms with E-state index in [9.17, 15) is 4.79 Å². The molecule has 0 saturated heterocycles. The van der Waals surface area contributed by atoms with Crippen LogP contribution in [0.2, 0.25) is 0 Å². The Morgan fingerprint density at radius 1 is 1.69 bits per heavy atom. The van der Waals surface area contributed by atoms with E-state index in [1.54, 1.807) is 18.3 Å². The third-order valence-electron chi connectivity index (χ3n) is 2.29. The van der Waals surface area contributed by atoms with Crippen molar-refractivity contribution in [3.8, 4) is 0 Å². The fourth-order valence-corrected chi connectivity index (χ4v) is 1.67. The van der Waals surface area contributed by atoms with E-state index < -0.39 is 5.54 Å². The molecular formula is C10H15NOS. The van der Waals surface area contributed by atoms with Gasteiger partial charge in [-0.25, -0.2) is 0 Å². The fourth-order valence-electron chi connectivity index (χ4n) is 0.970. The number of hydrogen-bond donors (Lipinski definition) is 1. The molecule has 0 radical (unpaired) electrons. The predicted molar refractivity (Wildman–Crippen MR) is 55.9 cm³/mol. The van der Waals surface area contributed by atoms with E-state index in [-0.39, 0.29) is 5.78 Å². The number of nitrogens with two attached hydrogens (primary N) is 1. The Balaban J connectivity index is 2.61. The van der Waals surface area contributed by atoms with Gasteiger partial charge in [0.25, 0.3) is 0 Å². The SMILES string of the molecule is CCC(C)(N)C(=O)Cc1cccs1. The third kappa shape index (κ3) is 2.64. The standard InChI is InChI=1S/C10H15NOS/c1-3-10(2,11)9(12)7-8-5-4-6-13-8/h4-6H,3,7,11H2,1-2H3. The number of Topliss-reactive ketones (excluding diaryl/α,β-unsaturated/α-hetero) is 1. The summed E-state index contributed by atoms with van der Waals surface area (Å²) in [6.45, 7) is 3.73. The highest BCUT2D eigenvalue weighted by Crippen LogP contribution is 2.14. The van der Waals surface area contributed by atoms with E-state index >= 15 is 0 Å². The van der Waals surface area contributed by atoms with Gasteiger partial charge in [0, 0.05) is 11.3 Å². The molecule has 2 N–H and O–H groups in total. The van der Waals surface area contributed by atoms with Gasteiger partial charge in [0.1, 0.15) is 0 Å². The predicted octanol–water partition coefficient (Wildman–Crippen LogP) is 1.99. The molecule has 1 aromatic rings. The molecule has 0 bridgehead atoms. The molecule has 0 aliphatic rings. The zero-order chi connectivity index (χ0) is 9.90. The molecule has 0 spiro atoms. The maximum atomic E-state index is 11.6. The van der Waals surface area contributed by atoms with Crippen LogP contribution in [0.15, 0.2) is 17.5 Å². The second-order valence-corrected chi connectivity index (χ2v) is 4.48. The molecule has 0 fully saturated rings. The van der Waals surface area contributed by atoms with Gasteiger partial charge in [-0.05, 0) is 24.8 Å². The van der Waals surface area contributed by atoms with Gasteiger partial charge in [0.2, 0.25) is 0 Å². The van der Waals surface area contributed by atoms with E-state index in [1.807, 2.05) is 24.4 Å². The summed E-state index contributed by atoms with van der Waals surface area (Å²) < 4.78 is 0. The van der Waals surface area contributed by atoms with Crippen LogP contribution in [0.4, 0.5) is 0 Å². The maximum Gasteiger partial charge on any atom is 0.157 e. The first kappa shape index (κ1) is 10.4. The normalized spacial score (nSPS) is 15.3.